The summed E-state index contributed by atoms with van der Waals surface area (Å²) in [5, 5.41) is 13.4. The molecule has 12 bridgehead atoms. The minimum Gasteiger partial charge on any atom is -0.497 e. The van der Waals surface area contributed by atoms with E-state index in [0.29, 0.717) is 36.4 Å². The fourth-order valence-electron chi connectivity index (χ4n) is 18.4. The van der Waals surface area contributed by atoms with E-state index in [-0.39, 0.29) is 0 Å². The first-order valence-corrected chi connectivity index (χ1v) is 32.3. The van der Waals surface area contributed by atoms with Crippen LogP contribution in [0.25, 0.3) is 0 Å². The van der Waals surface area contributed by atoms with Gasteiger partial charge in [0.15, 0.2) is 0 Å². The molecule has 0 unspecified atom stereocenters. The Kier molecular flexibility index (Phi) is 17.0. The average Bonchev–Trinajstić information content (AvgIpc) is 3.65. The highest BCUT2D eigenvalue weighted by Crippen LogP contribution is 2.58. The molecule has 12 aliphatic rings. The van der Waals surface area contributed by atoms with Gasteiger partial charge in [-0.15, -0.1) is 0 Å². The lowest BCUT2D eigenvalue weighted by Crippen LogP contribution is -2.58. The topological polar surface area (TPSA) is 73.0 Å². The van der Waals surface area contributed by atoms with Crippen molar-refractivity contribution in [3.05, 3.63) is 189 Å². The molecule has 0 spiro atoms. The fraction of sp³-hybridized carbons (Fsp3) is 0.507. The lowest BCUT2D eigenvalue weighted by atomic mass is 9.53. The molecule has 0 aliphatic heterocycles. The van der Waals surface area contributed by atoms with Gasteiger partial charge in [0.05, 0.1) is 7.11 Å². The molecule has 0 radical (unpaired) electrons. The van der Waals surface area contributed by atoms with Gasteiger partial charge in [-0.3, -0.25) is 0 Å². The van der Waals surface area contributed by atoms with Crippen LogP contribution in [0.1, 0.15) is 149 Å². The van der Waals surface area contributed by atoms with E-state index < -0.39 is 0 Å². The van der Waals surface area contributed by atoms with E-state index >= 15 is 0 Å². The Morgan fingerprint density at radius 2 is 0.695 bits per heavy atom. The largest absolute Gasteiger partial charge is 0.497 e. The van der Waals surface area contributed by atoms with Crippen molar-refractivity contribution in [1.29, 1.82) is 0 Å². The standard InChI is InChI=1S/C25H31NO2.2C24H28ClNO/c1-27-24-4-2-3-19(12-24)17-28-23-7-5-18(6-8-23)16-26-25-13-20-9-21(14-25)11-22(10-20)15-25;25-22-5-1-18(2-6-22)16-27-23-7-3-17(4-8-23)15-26-24-12-19-9-20(13-24)11-21(10-19)14-24;25-23-4-2-1-3-21(23)16-27-22-7-5-17(6-8-22)15-26-24-12-18-9-19(13-24)11-20(10-18)14-24/h2-8,12,20-22,26H,9-11,13-17H2,1H3;1-8,19-21,26H,9-16H2;1-8,18-20,26H,9-16H2. The molecular weight excluding hydrogens is 1050 g/mol. The number of methoxy groups -OCH3 is 1. The summed E-state index contributed by atoms with van der Waals surface area (Å²) in [7, 11) is 1.69. The maximum absolute atomic E-state index is 6.20. The van der Waals surface area contributed by atoms with E-state index in [1.165, 1.54) is 132 Å². The number of benzene rings is 6. The molecule has 12 saturated carbocycles. The molecule has 0 heterocycles. The Bertz CT molecular complexity index is 2950. The summed E-state index contributed by atoms with van der Waals surface area (Å²) < 4.78 is 23.0. The lowest BCUT2D eigenvalue weighted by molar-refractivity contribution is -0.0207. The summed E-state index contributed by atoms with van der Waals surface area (Å²) in [4.78, 5) is 0. The zero-order valence-electron chi connectivity index (χ0n) is 48.4. The zero-order chi connectivity index (χ0) is 55.5. The van der Waals surface area contributed by atoms with Crippen molar-refractivity contribution in [2.75, 3.05) is 7.11 Å². The second kappa shape index (κ2) is 24.9. The first-order valence-electron chi connectivity index (χ1n) is 31.5. The van der Waals surface area contributed by atoms with Crippen molar-refractivity contribution < 1.29 is 18.9 Å². The molecule has 0 aromatic heterocycles. The molecule has 12 aliphatic carbocycles. The molecule has 9 heteroatoms. The zero-order valence-corrected chi connectivity index (χ0v) is 49.9. The predicted octanol–water partition coefficient (Wildman–Crippen LogP) is 17.3. The molecule has 3 N–H and O–H groups in total. The Morgan fingerprint density at radius 3 is 1.06 bits per heavy atom. The molecule has 6 aromatic carbocycles. The molecule has 432 valence electrons. The number of hydrogen-bond donors (Lipinski definition) is 3. The summed E-state index contributed by atoms with van der Waals surface area (Å²) in [6.07, 6.45) is 26.1. The number of hydrogen-bond acceptors (Lipinski definition) is 7. The van der Waals surface area contributed by atoms with Crippen LogP contribution in [0.4, 0.5) is 0 Å². The van der Waals surface area contributed by atoms with E-state index in [0.717, 1.165) is 123 Å². The third kappa shape index (κ3) is 13.9. The molecule has 82 heavy (non-hydrogen) atoms. The second-order valence-electron chi connectivity index (χ2n) is 27.5. The van der Waals surface area contributed by atoms with Crippen molar-refractivity contribution >= 4 is 23.2 Å². The predicted molar refractivity (Wildman–Crippen MR) is 331 cm³/mol. The summed E-state index contributed by atoms with van der Waals surface area (Å²) in [6.45, 7) is 4.55. The highest BCUT2D eigenvalue weighted by atomic mass is 35.5. The number of ether oxygens (including phenoxy) is 4. The van der Waals surface area contributed by atoms with Gasteiger partial charge in [-0.05, 0) is 263 Å². The number of rotatable bonds is 19. The summed E-state index contributed by atoms with van der Waals surface area (Å²) >= 11 is 12.1. The monoisotopic (exact) mass is 1140 g/mol. The Balaban J connectivity index is 0.000000115. The smallest absolute Gasteiger partial charge is 0.119 e. The maximum atomic E-state index is 6.20. The Labute approximate surface area is 499 Å². The third-order valence-electron chi connectivity index (χ3n) is 21.1. The fourth-order valence-corrected chi connectivity index (χ4v) is 18.7. The number of halogens is 2. The quantitative estimate of drug-likeness (QED) is 0.0746. The van der Waals surface area contributed by atoms with Crippen molar-refractivity contribution in [1.82, 2.24) is 16.0 Å². The molecule has 7 nitrogen and oxygen atoms in total. The van der Waals surface area contributed by atoms with Crippen molar-refractivity contribution in [2.24, 2.45) is 53.3 Å². The second-order valence-corrected chi connectivity index (χ2v) is 28.4. The van der Waals surface area contributed by atoms with Crippen LogP contribution in [0.5, 0.6) is 23.0 Å². The van der Waals surface area contributed by atoms with Crippen LogP contribution < -0.4 is 34.9 Å². The summed E-state index contributed by atoms with van der Waals surface area (Å²) in [5.74, 6) is 12.5. The minimum atomic E-state index is 0.425. The van der Waals surface area contributed by atoms with Crippen molar-refractivity contribution in [3.63, 3.8) is 0 Å². The molecule has 6 aromatic rings. The van der Waals surface area contributed by atoms with Gasteiger partial charge in [0.2, 0.25) is 0 Å². The van der Waals surface area contributed by atoms with E-state index in [4.69, 9.17) is 42.1 Å². The maximum Gasteiger partial charge on any atom is 0.119 e. The van der Waals surface area contributed by atoms with Crippen LogP contribution in [-0.2, 0) is 39.5 Å². The SMILES string of the molecule is COc1cccc(COc2ccc(CNC34CC5CC(CC(C5)C3)C4)cc2)c1.Clc1ccc(COc2ccc(CNC34CC5CC(CC(C5)C3)C4)cc2)cc1.Clc1ccccc1COc1ccc(CNC23CC4CC(CC(C4)C2)C3)cc1. The Morgan fingerprint density at radius 1 is 0.354 bits per heavy atom. The van der Waals surface area contributed by atoms with Crippen LogP contribution in [0, 0.1) is 53.3 Å². The number of nitrogens with one attached hydrogen (secondary N) is 3. The molecular formula is C73H87Cl2N3O4. The van der Waals surface area contributed by atoms with Gasteiger partial charge < -0.3 is 34.9 Å². The Hall–Kier alpha value is -5.02. The van der Waals surface area contributed by atoms with Gasteiger partial charge in [-0.1, -0.05) is 102 Å². The van der Waals surface area contributed by atoms with E-state index in [1.807, 2.05) is 66.7 Å². The van der Waals surface area contributed by atoms with Crippen molar-refractivity contribution in [2.45, 2.75) is 172 Å². The van der Waals surface area contributed by atoms with Crippen LogP contribution in [-0.4, -0.2) is 23.7 Å². The minimum absolute atomic E-state index is 0.425. The van der Waals surface area contributed by atoms with Gasteiger partial charge in [0, 0.05) is 51.9 Å². The summed E-state index contributed by atoms with van der Waals surface area (Å²) in [5.41, 5.74) is 8.60. The van der Waals surface area contributed by atoms with Gasteiger partial charge in [0.1, 0.15) is 42.8 Å². The summed E-state index contributed by atoms with van der Waals surface area (Å²) in [6, 6.07) is 49.4. The third-order valence-corrected chi connectivity index (χ3v) is 21.7. The highest BCUT2D eigenvalue weighted by Gasteiger charge is 2.53. The van der Waals surface area contributed by atoms with Crippen LogP contribution >= 0.6 is 23.2 Å². The van der Waals surface area contributed by atoms with Gasteiger partial charge in [0.25, 0.3) is 0 Å². The highest BCUT2D eigenvalue weighted by molar-refractivity contribution is 6.31. The average molecular weight is 1140 g/mol. The van der Waals surface area contributed by atoms with Crippen molar-refractivity contribution in [3.8, 4) is 23.0 Å². The van der Waals surface area contributed by atoms with E-state index in [9.17, 15) is 0 Å². The van der Waals surface area contributed by atoms with E-state index in [1.54, 1.807) is 7.11 Å². The first-order chi connectivity index (χ1) is 40.0. The lowest BCUT2D eigenvalue weighted by Gasteiger charge is -2.57. The van der Waals surface area contributed by atoms with Crippen LogP contribution in [0.15, 0.2) is 146 Å². The normalized spacial score (nSPS) is 30.9. The molecule has 0 saturated heterocycles. The molecule has 0 amide bonds. The molecule has 0 atom stereocenters. The van der Waals surface area contributed by atoms with Gasteiger partial charge in [-0.2, -0.15) is 0 Å². The van der Waals surface area contributed by atoms with E-state index in [2.05, 4.69) is 94.8 Å². The first kappa shape index (κ1) is 56.1. The molecule has 12 fully saturated rings. The van der Waals surface area contributed by atoms with Crippen LogP contribution in [0.2, 0.25) is 10.0 Å². The van der Waals surface area contributed by atoms with Crippen LogP contribution in [0.3, 0.4) is 0 Å². The van der Waals surface area contributed by atoms with Gasteiger partial charge in [-0.25, -0.2) is 0 Å². The van der Waals surface area contributed by atoms with Gasteiger partial charge >= 0.3 is 0 Å². The molecule has 18 rings (SSSR count).